The first-order valence-corrected chi connectivity index (χ1v) is 6.97. The summed E-state index contributed by atoms with van der Waals surface area (Å²) in [4.78, 5) is 16.5. The third-order valence-corrected chi connectivity index (χ3v) is 3.51. The van der Waals surface area contributed by atoms with Gasteiger partial charge in [0.25, 0.3) is 5.91 Å². The average Bonchev–Trinajstić information content (AvgIpc) is 2.94. The van der Waals surface area contributed by atoms with Crippen LogP contribution in [0.3, 0.4) is 0 Å². The highest BCUT2D eigenvalue weighted by atomic mass is 16.1. The third kappa shape index (κ3) is 2.65. The zero-order valence-electron chi connectivity index (χ0n) is 12.1. The third-order valence-electron chi connectivity index (χ3n) is 3.51. The van der Waals surface area contributed by atoms with E-state index in [1.165, 1.54) is 0 Å². The van der Waals surface area contributed by atoms with Crippen LogP contribution in [0.4, 0.5) is 5.69 Å². The number of aromatic nitrogens is 2. The second-order valence-corrected chi connectivity index (χ2v) is 5.34. The van der Waals surface area contributed by atoms with Gasteiger partial charge < -0.3 is 9.72 Å². The van der Waals surface area contributed by atoms with Crippen molar-refractivity contribution < 1.29 is 4.79 Å². The van der Waals surface area contributed by atoms with Gasteiger partial charge >= 0.3 is 0 Å². The first kappa shape index (κ1) is 13.4. The van der Waals surface area contributed by atoms with E-state index in [4.69, 9.17) is 0 Å². The van der Waals surface area contributed by atoms with Crippen molar-refractivity contribution in [3.63, 3.8) is 0 Å². The van der Waals surface area contributed by atoms with Crippen molar-refractivity contribution in [1.82, 2.24) is 9.38 Å². The van der Waals surface area contributed by atoms with Crippen LogP contribution in [-0.4, -0.2) is 15.3 Å². The van der Waals surface area contributed by atoms with Crippen molar-refractivity contribution in [2.75, 3.05) is 5.32 Å². The number of pyridine rings is 1. The van der Waals surface area contributed by atoms with Crippen molar-refractivity contribution in [3.8, 4) is 0 Å². The summed E-state index contributed by atoms with van der Waals surface area (Å²) in [5, 5.41) is 3.00. The standard InChI is InChI=1S/C17H17N3O/c1-12(2)15-5-3-4-6-16(15)19-17(21)13-7-8-20-11-18-10-14(20)9-13/h3-12H,1-2H3,(H,19,21). The Hall–Kier alpha value is -2.62. The molecule has 2 heterocycles. The first-order valence-electron chi connectivity index (χ1n) is 6.97. The molecule has 0 atom stereocenters. The largest absolute Gasteiger partial charge is 0.322 e. The predicted molar refractivity (Wildman–Crippen MR) is 83.7 cm³/mol. The van der Waals surface area contributed by atoms with Gasteiger partial charge in [0.1, 0.15) is 0 Å². The fraction of sp³-hybridized carbons (Fsp3) is 0.176. The Labute approximate surface area is 123 Å². The summed E-state index contributed by atoms with van der Waals surface area (Å²) in [5.41, 5.74) is 3.53. The Balaban J connectivity index is 1.89. The average molecular weight is 279 g/mol. The fourth-order valence-corrected chi connectivity index (χ4v) is 2.37. The molecule has 4 nitrogen and oxygen atoms in total. The number of imidazole rings is 1. The number of para-hydroxylation sites is 1. The Kier molecular flexibility index (Phi) is 3.44. The fourth-order valence-electron chi connectivity index (χ4n) is 2.37. The SMILES string of the molecule is CC(C)c1ccccc1NC(=O)c1ccn2cncc2c1. The molecule has 0 radical (unpaired) electrons. The molecule has 2 aromatic heterocycles. The number of carbonyl (C=O) groups excluding carboxylic acids is 1. The smallest absolute Gasteiger partial charge is 0.255 e. The number of hydrogen-bond donors (Lipinski definition) is 1. The molecule has 0 saturated carbocycles. The molecule has 0 bridgehead atoms. The summed E-state index contributed by atoms with van der Waals surface area (Å²) in [6.45, 7) is 4.23. The number of benzene rings is 1. The summed E-state index contributed by atoms with van der Waals surface area (Å²) in [7, 11) is 0. The van der Waals surface area contributed by atoms with Gasteiger partial charge in [-0.1, -0.05) is 32.0 Å². The van der Waals surface area contributed by atoms with Crippen LogP contribution in [0.15, 0.2) is 55.1 Å². The number of nitrogens with one attached hydrogen (secondary N) is 1. The van der Waals surface area contributed by atoms with Crippen LogP contribution in [0.2, 0.25) is 0 Å². The van der Waals surface area contributed by atoms with Crippen LogP contribution >= 0.6 is 0 Å². The van der Waals surface area contributed by atoms with Gasteiger partial charge in [0.05, 0.1) is 18.0 Å². The topological polar surface area (TPSA) is 46.4 Å². The van der Waals surface area contributed by atoms with E-state index in [2.05, 4.69) is 24.1 Å². The molecule has 3 aromatic rings. The van der Waals surface area contributed by atoms with Crippen LogP contribution in [0, 0.1) is 0 Å². The zero-order valence-corrected chi connectivity index (χ0v) is 12.1. The quantitative estimate of drug-likeness (QED) is 0.794. The number of fused-ring (bicyclic) bond motifs is 1. The summed E-state index contributed by atoms with van der Waals surface area (Å²) in [6, 6.07) is 11.5. The van der Waals surface area contributed by atoms with Crippen molar-refractivity contribution in [2.24, 2.45) is 0 Å². The number of hydrogen-bond acceptors (Lipinski definition) is 2. The Morgan fingerprint density at radius 1 is 1.24 bits per heavy atom. The van der Waals surface area contributed by atoms with E-state index in [0.29, 0.717) is 11.5 Å². The van der Waals surface area contributed by atoms with Crippen LogP contribution in [0.25, 0.3) is 5.52 Å². The monoisotopic (exact) mass is 279 g/mol. The summed E-state index contributed by atoms with van der Waals surface area (Å²) >= 11 is 0. The van der Waals surface area contributed by atoms with Crippen molar-refractivity contribution in [2.45, 2.75) is 19.8 Å². The van der Waals surface area contributed by atoms with E-state index in [-0.39, 0.29) is 5.91 Å². The van der Waals surface area contributed by atoms with E-state index in [1.807, 2.05) is 40.9 Å². The van der Waals surface area contributed by atoms with Gasteiger partial charge in [-0.05, 0) is 29.7 Å². The second kappa shape index (κ2) is 5.40. The minimum atomic E-state index is -0.105. The molecule has 0 unspecified atom stereocenters. The zero-order chi connectivity index (χ0) is 14.8. The van der Waals surface area contributed by atoms with Gasteiger partial charge in [0.15, 0.2) is 0 Å². The lowest BCUT2D eigenvalue weighted by Crippen LogP contribution is -2.13. The number of anilines is 1. The maximum atomic E-state index is 12.4. The second-order valence-electron chi connectivity index (χ2n) is 5.34. The molecular weight excluding hydrogens is 262 g/mol. The maximum absolute atomic E-state index is 12.4. The van der Waals surface area contributed by atoms with E-state index < -0.39 is 0 Å². The van der Waals surface area contributed by atoms with Crippen molar-refractivity contribution in [1.29, 1.82) is 0 Å². The van der Waals surface area contributed by atoms with Gasteiger partial charge in [-0.15, -0.1) is 0 Å². The van der Waals surface area contributed by atoms with E-state index in [9.17, 15) is 4.79 Å². The molecule has 0 fully saturated rings. The molecule has 1 aromatic carbocycles. The molecule has 3 rings (SSSR count). The van der Waals surface area contributed by atoms with E-state index in [1.54, 1.807) is 18.6 Å². The van der Waals surface area contributed by atoms with Gasteiger partial charge in [-0.3, -0.25) is 4.79 Å². The normalized spacial score (nSPS) is 11.0. The molecule has 21 heavy (non-hydrogen) atoms. The predicted octanol–water partition coefficient (Wildman–Crippen LogP) is 3.71. The number of carbonyl (C=O) groups is 1. The molecular formula is C17H17N3O. The molecule has 0 aliphatic heterocycles. The molecule has 1 N–H and O–H groups in total. The molecule has 0 aliphatic rings. The highest BCUT2D eigenvalue weighted by Crippen LogP contribution is 2.24. The van der Waals surface area contributed by atoms with Crippen LogP contribution in [-0.2, 0) is 0 Å². The molecule has 0 spiro atoms. The Morgan fingerprint density at radius 2 is 2.05 bits per heavy atom. The van der Waals surface area contributed by atoms with Crippen LogP contribution in [0.1, 0.15) is 35.7 Å². The minimum absolute atomic E-state index is 0.105. The summed E-state index contributed by atoms with van der Waals surface area (Å²) in [5.74, 6) is 0.255. The molecule has 0 aliphatic carbocycles. The molecule has 0 saturated heterocycles. The van der Waals surface area contributed by atoms with Crippen LogP contribution < -0.4 is 5.32 Å². The highest BCUT2D eigenvalue weighted by Gasteiger charge is 2.11. The molecule has 4 heteroatoms. The number of nitrogens with zero attached hydrogens (tertiary/aromatic N) is 2. The van der Waals surface area contributed by atoms with Crippen molar-refractivity contribution >= 4 is 17.1 Å². The van der Waals surface area contributed by atoms with E-state index in [0.717, 1.165) is 16.8 Å². The van der Waals surface area contributed by atoms with Crippen LogP contribution in [0.5, 0.6) is 0 Å². The minimum Gasteiger partial charge on any atom is -0.322 e. The Bertz CT molecular complexity index is 789. The number of amides is 1. The first-order chi connectivity index (χ1) is 10.1. The lowest BCUT2D eigenvalue weighted by atomic mass is 10.0. The van der Waals surface area contributed by atoms with Crippen molar-refractivity contribution in [3.05, 3.63) is 66.2 Å². The maximum Gasteiger partial charge on any atom is 0.255 e. The Morgan fingerprint density at radius 3 is 2.86 bits per heavy atom. The summed E-state index contributed by atoms with van der Waals surface area (Å²) in [6.07, 6.45) is 5.29. The van der Waals surface area contributed by atoms with Gasteiger partial charge in [0.2, 0.25) is 0 Å². The lowest BCUT2D eigenvalue weighted by Gasteiger charge is -2.13. The lowest BCUT2D eigenvalue weighted by molar-refractivity contribution is 0.102. The summed E-state index contributed by atoms with van der Waals surface area (Å²) < 4.78 is 1.87. The van der Waals surface area contributed by atoms with E-state index >= 15 is 0 Å². The number of rotatable bonds is 3. The molecule has 1 amide bonds. The highest BCUT2D eigenvalue weighted by molar-refractivity contribution is 6.05. The van der Waals surface area contributed by atoms with Gasteiger partial charge in [-0.25, -0.2) is 4.98 Å². The van der Waals surface area contributed by atoms with Gasteiger partial charge in [0, 0.05) is 17.4 Å². The molecule has 106 valence electrons. The van der Waals surface area contributed by atoms with Gasteiger partial charge in [-0.2, -0.15) is 0 Å².